The first-order valence-electron chi connectivity index (χ1n) is 4.66. The molecule has 0 amide bonds. The van der Waals surface area contributed by atoms with Crippen LogP contribution in [0.4, 0.5) is 0 Å². The largest absolute Gasteiger partial charge is 0.358 e. The summed E-state index contributed by atoms with van der Waals surface area (Å²) in [5.41, 5.74) is 0.193. The SMILES string of the molecule is C#CCNC(=S)NC1(C)CCCC1. The van der Waals surface area contributed by atoms with Crippen LogP contribution in [0.25, 0.3) is 0 Å². The van der Waals surface area contributed by atoms with Gasteiger partial charge in [-0.3, -0.25) is 0 Å². The van der Waals surface area contributed by atoms with Gasteiger partial charge in [0, 0.05) is 5.54 Å². The molecule has 0 heterocycles. The molecule has 0 bridgehead atoms. The molecule has 3 heteroatoms. The molecule has 2 N–H and O–H groups in total. The van der Waals surface area contributed by atoms with Gasteiger partial charge >= 0.3 is 0 Å². The van der Waals surface area contributed by atoms with Crippen molar-refractivity contribution < 1.29 is 0 Å². The zero-order valence-electron chi connectivity index (χ0n) is 8.02. The lowest BCUT2D eigenvalue weighted by atomic mass is 10.0. The van der Waals surface area contributed by atoms with E-state index in [0.29, 0.717) is 11.7 Å². The number of terminal acetylenes is 1. The maximum atomic E-state index is 5.12. The predicted molar refractivity (Wildman–Crippen MR) is 59.4 cm³/mol. The van der Waals surface area contributed by atoms with Crippen molar-refractivity contribution in [3.63, 3.8) is 0 Å². The van der Waals surface area contributed by atoms with Crippen molar-refractivity contribution in [1.82, 2.24) is 10.6 Å². The van der Waals surface area contributed by atoms with Crippen LogP contribution in [0.1, 0.15) is 32.6 Å². The molecule has 0 unspecified atom stereocenters. The number of rotatable bonds is 2. The minimum Gasteiger partial charge on any atom is -0.358 e. The molecule has 0 aromatic rings. The lowest BCUT2D eigenvalue weighted by Crippen LogP contribution is -2.48. The highest BCUT2D eigenvalue weighted by Gasteiger charge is 2.28. The summed E-state index contributed by atoms with van der Waals surface area (Å²) in [4.78, 5) is 0. The Morgan fingerprint density at radius 2 is 2.15 bits per heavy atom. The molecule has 0 aromatic carbocycles. The van der Waals surface area contributed by atoms with Crippen molar-refractivity contribution in [2.45, 2.75) is 38.1 Å². The first-order valence-corrected chi connectivity index (χ1v) is 5.07. The van der Waals surface area contributed by atoms with Crippen molar-refractivity contribution in [2.75, 3.05) is 6.54 Å². The number of nitrogens with one attached hydrogen (secondary N) is 2. The Kier molecular flexibility index (Phi) is 3.56. The molecule has 0 atom stereocenters. The molecule has 1 aliphatic carbocycles. The third-order valence-corrected chi connectivity index (χ3v) is 2.72. The molecule has 2 nitrogen and oxygen atoms in total. The third kappa shape index (κ3) is 3.23. The first-order chi connectivity index (χ1) is 6.16. The molecular weight excluding hydrogens is 180 g/mol. The van der Waals surface area contributed by atoms with Gasteiger partial charge in [-0.2, -0.15) is 0 Å². The normalized spacial score (nSPS) is 19.1. The monoisotopic (exact) mass is 196 g/mol. The molecule has 0 spiro atoms. The summed E-state index contributed by atoms with van der Waals surface area (Å²) < 4.78 is 0. The Hall–Kier alpha value is -0.750. The molecule has 0 radical (unpaired) electrons. The molecule has 72 valence electrons. The van der Waals surface area contributed by atoms with Gasteiger partial charge in [-0.25, -0.2) is 0 Å². The summed E-state index contributed by atoms with van der Waals surface area (Å²) in [6.45, 7) is 2.71. The van der Waals surface area contributed by atoms with Gasteiger partial charge in [0.1, 0.15) is 0 Å². The highest BCUT2D eigenvalue weighted by molar-refractivity contribution is 7.80. The Bertz CT molecular complexity index is 224. The fourth-order valence-corrected chi connectivity index (χ4v) is 2.05. The van der Waals surface area contributed by atoms with Crippen molar-refractivity contribution in [1.29, 1.82) is 0 Å². The van der Waals surface area contributed by atoms with Crippen LogP contribution in [0.2, 0.25) is 0 Å². The van der Waals surface area contributed by atoms with E-state index >= 15 is 0 Å². The van der Waals surface area contributed by atoms with E-state index in [-0.39, 0.29) is 5.54 Å². The van der Waals surface area contributed by atoms with Gasteiger partial charge in [0.25, 0.3) is 0 Å². The summed E-state index contributed by atoms with van der Waals surface area (Å²) in [6, 6.07) is 0. The third-order valence-electron chi connectivity index (χ3n) is 2.47. The molecule has 0 aliphatic heterocycles. The number of hydrogen-bond donors (Lipinski definition) is 2. The van der Waals surface area contributed by atoms with Crippen molar-refractivity contribution in [2.24, 2.45) is 0 Å². The highest BCUT2D eigenvalue weighted by Crippen LogP contribution is 2.28. The molecule has 1 aliphatic rings. The van der Waals surface area contributed by atoms with Crippen molar-refractivity contribution >= 4 is 17.3 Å². The molecule has 13 heavy (non-hydrogen) atoms. The van der Waals surface area contributed by atoms with E-state index < -0.39 is 0 Å². The van der Waals surface area contributed by atoms with Crippen LogP contribution in [-0.2, 0) is 0 Å². The second-order valence-corrected chi connectivity index (χ2v) is 4.19. The molecule has 1 rings (SSSR count). The standard InChI is InChI=1S/C10H16N2S/c1-3-8-11-9(13)12-10(2)6-4-5-7-10/h1H,4-8H2,2H3,(H2,11,12,13). The van der Waals surface area contributed by atoms with E-state index in [0.717, 1.165) is 0 Å². The van der Waals surface area contributed by atoms with E-state index in [4.69, 9.17) is 18.6 Å². The molecule has 0 saturated heterocycles. The van der Waals surface area contributed by atoms with Crippen LogP contribution in [-0.4, -0.2) is 17.2 Å². The summed E-state index contributed by atoms with van der Waals surface area (Å²) in [5, 5.41) is 6.97. The number of hydrogen-bond acceptors (Lipinski definition) is 1. The summed E-state index contributed by atoms with van der Waals surface area (Å²) in [6.07, 6.45) is 10.1. The summed E-state index contributed by atoms with van der Waals surface area (Å²) in [5.74, 6) is 2.50. The molecule has 1 saturated carbocycles. The topological polar surface area (TPSA) is 24.1 Å². The van der Waals surface area contributed by atoms with E-state index in [1.807, 2.05) is 0 Å². The van der Waals surface area contributed by atoms with Crippen molar-refractivity contribution in [3.8, 4) is 12.3 Å². The maximum absolute atomic E-state index is 5.12. The van der Waals surface area contributed by atoms with Gasteiger partial charge in [-0.1, -0.05) is 18.8 Å². The van der Waals surface area contributed by atoms with Gasteiger partial charge in [-0.15, -0.1) is 6.42 Å². The quantitative estimate of drug-likeness (QED) is 0.516. The molecule has 1 fully saturated rings. The van der Waals surface area contributed by atoms with Crippen LogP contribution in [0.5, 0.6) is 0 Å². The second kappa shape index (κ2) is 4.48. The lowest BCUT2D eigenvalue weighted by molar-refractivity contribution is 0.430. The Balaban J connectivity index is 2.31. The van der Waals surface area contributed by atoms with E-state index in [2.05, 4.69) is 23.5 Å². The van der Waals surface area contributed by atoms with Crippen LogP contribution >= 0.6 is 12.2 Å². The van der Waals surface area contributed by atoms with Gasteiger partial charge in [-0.05, 0) is 32.0 Å². The minimum absolute atomic E-state index is 0.193. The second-order valence-electron chi connectivity index (χ2n) is 3.78. The van der Waals surface area contributed by atoms with Crippen LogP contribution in [0.3, 0.4) is 0 Å². The zero-order chi connectivity index (χ0) is 9.73. The summed E-state index contributed by atoms with van der Waals surface area (Å²) in [7, 11) is 0. The van der Waals surface area contributed by atoms with Gasteiger partial charge in [0.2, 0.25) is 0 Å². The average Bonchev–Trinajstić information content (AvgIpc) is 2.48. The smallest absolute Gasteiger partial charge is 0.167 e. The minimum atomic E-state index is 0.193. The van der Waals surface area contributed by atoms with Gasteiger partial charge in [0.05, 0.1) is 6.54 Å². The highest BCUT2D eigenvalue weighted by atomic mass is 32.1. The lowest BCUT2D eigenvalue weighted by Gasteiger charge is -2.26. The fraction of sp³-hybridized carbons (Fsp3) is 0.700. The Morgan fingerprint density at radius 3 is 2.69 bits per heavy atom. The summed E-state index contributed by atoms with van der Waals surface area (Å²) >= 11 is 5.11. The molecule has 0 aromatic heterocycles. The van der Waals surface area contributed by atoms with Gasteiger partial charge < -0.3 is 10.6 Å². The predicted octanol–water partition coefficient (Wildman–Crippen LogP) is 1.42. The number of thiocarbonyl (C=S) groups is 1. The molecular formula is C10H16N2S. The van der Waals surface area contributed by atoms with Crippen LogP contribution in [0.15, 0.2) is 0 Å². The average molecular weight is 196 g/mol. The van der Waals surface area contributed by atoms with Crippen LogP contribution < -0.4 is 10.6 Å². The van der Waals surface area contributed by atoms with Crippen molar-refractivity contribution in [3.05, 3.63) is 0 Å². The first kappa shape index (κ1) is 10.3. The van der Waals surface area contributed by atoms with Crippen LogP contribution in [0, 0.1) is 12.3 Å². The maximum Gasteiger partial charge on any atom is 0.167 e. The van der Waals surface area contributed by atoms with E-state index in [1.165, 1.54) is 25.7 Å². The Morgan fingerprint density at radius 1 is 1.54 bits per heavy atom. The fourth-order valence-electron chi connectivity index (χ4n) is 1.73. The Labute approximate surface area is 85.5 Å². The van der Waals surface area contributed by atoms with E-state index in [9.17, 15) is 0 Å². The van der Waals surface area contributed by atoms with E-state index in [1.54, 1.807) is 0 Å². The zero-order valence-corrected chi connectivity index (χ0v) is 8.84. The van der Waals surface area contributed by atoms with Gasteiger partial charge in [0.15, 0.2) is 5.11 Å².